The molecule has 1 aliphatic rings. The number of carbonyl (C=O) groups is 1. The quantitative estimate of drug-likeness (QED) is 0.415. The summed E-state index contributed by atoms with van der Waals surface area (Å²) < 4.78 is 53.7. The largest absolute Gasteiger partial charge is 0.486 e. The molecule has 1 amide bonds. The Hall–Kier alpha value is -2.98. The van der Waals surface area contributed by atoms with Crippen molar-refractivity contribution in [3.63, 3.8) is 0 Å². The average molecular weight is 520 g/mol. The van der Waals surface area contributed by atoms with E-state index < -0.39 is 17.6 Å². The number of benzene rings is 1. The number of amides is 1. The van der Waals surface area contributed by atoms with Gasteiger partial charge in [0, 0.05) is 23.9 Å². The molecular weight excluding hydrogens is 491 g/mol. The van der Waals surface area contributed by atoms with E-state index in [0.29, 0.717) is 23.6 Å². The number of alkyl halides is 3. The van der Waals surface area contributed by atoms with E-state index >= 15 is 0 Å². The molecule has 10 heteroatoms. The lowest BCUT2D eigenvalue weighted by atomic mass is 9.95. The summed E-state index contributed by atoms with van der Waals surface area (Å²) in [7, 11) is 0. The first-order chi connectivity index (χ1) is 17.0. The predicted molar refractivity (Wildman–Crippen MR) is 130 cm³/mol. The van der Waals surface area contributed by atoms with Crippen molar-refractivity contribution < 1.29 is 27.4 Å². The third-order valence-electron chi connectivity index (χ3n) is 5.72. The Kier molecular flexibility index (Phi) is 7.65. The monoisotopic (exact) mass is 519 g/mol. The molecular formula is C26H28F3N3O3S. The summed E-state index contributed by atoms with van der Waals surface area (Å²) in [6.07, 6.45) is 0.796. The lowest BCUT2D eigenvalue weighted by molar-refractivity contribution is -0.137. The van der Waals surface area contributed by atoms with Gasteiger partial charge in [-0.2, -0.15) is 18.2 Å². The van der Waals surface area contributed by atoms with Crippen LogP contribution in [0.4, 0.5) is 13.2 Å². The van der Waals surface area contributed by atoms with Crippen LogP contribution in [-0.4, -0.2) is 28.2 Å². The third kappa shape index (κ3) is 6.41. The van der Waals surface area contributed by atoms with Crippen LogP contribution in [0.1, 0.15) is 60.1 Å². The van der Waals surface area contributed by atoms with Crippen molar-refractivity contribution in [1.29, 1.82) is 0 Å². The highest BCUT2D eigenvalue weighted by Gasteiger charge is 2.32. The van der Waals surface area contributed by atoms with E-state index in [4.69, 9.17) is 9.47 Å². The standard InChI is InChI=1S/C26H28F3N3O3S/c1-25(2,3)22-15-32(14-19-8-6-12-34-19)24(36-22)31-23(33)20-13-17(26(27,28)29)9-10-21(20)35-16-18-7-4-5-11-30-18/h4-5,7,9-11,13,15,19H,6,8,12,14,16H2,1-3H3/t19-/m1/s1. The number of aromatic nitrogens is 2. The Morgan fingerprint density at radius 3 is 2.69 bits per heavy atom. The van der Waals surface area contributed by atoms with Crippen LogP contribution in [0, 0.1) is 0 Å². The van der Waals surface area contributed by atoms with Gasteiger partial charge in [-0.3, -0.25) is 9.78 Å². The average Bonchev–Trinajstić information content (AvgIpc) is 3.48. The van der Waals surface area contributed by atoms with Gasteiger partial charge in [0.2, 0.25) is 0 Å². The number of hydrogen-bond acceptors (Lipinski definition) is 5. The second-order valence-corrected chi connectivity index (χ2v) is 10.7. The molecule has 1 aromatic carbocycles. The molecule has 1 saturated heterocycles. The van der Waals surface area contributed by atoms with Crippen LogP contribution in [0.3, 0.4) is 0 Å². The summed E-state index contributed by atoms with van der Waals surface area (Å²) >= 11 is 1.35. The minimum Gasteiger partial charge on any atom is -0.486 e. The van der Waals surface area contributed by atoms with Crippen molar-refractivity contribution in [3.05, 3.63) is 75.3 Å². The molecule has 0 spiro atoms. The number of thiazole rings is 1. The Labute approximate surface area is 211 Å². The zero-order chi connectivity index (χ0) is 25.9. The van der Waals surface area contributed by atoms with Crippen molar-refractivity contribution in [2.75, 3.05) is 6.61 Å². The lowest BCUT2D eigenvalue weighted by Gasteiger charge is -2.15. The van der Waals surface area contributed by atoms with Crippen molar-refractivity contribution in [2.45, 2.75) is 64.5 Å². The van der Waals surface area contributed by atoms with Crippen LogP contribution in [0.2, 0.25) is 0 Å². The van der Waals surface area contributed by atoms with Gasteiger partial charge in [0.25, 0.3) is 5.91 Å². The summed E-state index contributed by atoms with van der Waals surface area (Å²) in [5, 5.41) is 0. The highest BCUT2D eigenvalue weighted by atomic mass is 32.1. The van der Waals surface area contributed by atoms with E-state index in [0.717, 1.165) is 35.9 Å². The molecule has 1 fully saturated rings. The normalized spacial score (nSPS) is 16.9. The number of nitrogens with zero attached hydrogens (tertiary/aromatic N) is 3. The summed E-state index contributed by atoms with van der Waals surface area (Å²) in [5.74, 6) is -0.791. The molecule has 36 heavy (non-hydrogen) atoms. The number of hydrogen-bond donors (Lipinski definition) is 0. The number of carbonyl (C=O) groups excluding carboxylic acids is 1. The molecule has 3 aromatic rings. The van der Waals surface area contributed by atoms with Gasteiger partial charge < -0.3 is 14.0 Å². The van der Waals surface area contributed by atoms with Crippen LogP contribution in [0.5, 0.6) is 5.75 Å². The van der Waals surface area contributed by atoms with Gasteiger partial charge in [-0.1, -0.05) is 26.8 Å². The third-order valence-corrected chi connectivity index (χ3v) is 7.17. The molecule has 4 rings (SSSR count). The molecule has 0 saturated carbocycles. The Balaban J connectivity index is 1.72. The van der Waals surface area contributed by atoms with Crippen molar-refractivity contribution in [2.24, 2.45) is 4.99 Å². The molecule has 6 nitrogen and oxygen atoms in total. The summed E-state index contributed by atoms with van der Waals surface area (Å²) in [6.45, 7) is 7.36. The van der Waals surface area contributed by atoms with Crippen molar-refractivity contribution in [1.82, 2.24) is 9.55 Å². The van der Waals surface area contributed by atoms with Gasteiger partial charge >= 0.3 is 6.18 Å². The molecule has 1 atom stereocenters. The smallest absolute Gasteiger partial charge is 0.416 e. The van der Waals surface area contributed by atoms with Gasteiger partial charge in [-0.25, -0.2) is 0 Å². The first kappa shape index (κ1) is 26.1. The molecule has 1 aliphatic heterocycles. The maximum atomic E-state index is 13.5. The molecule has 2 aromatic heterocycles. The maximum Gasteiger partial charge on any atom is 0.416 e. The Morgan fingerprint density at radius 2 is 2.06 bits per heavy atom. The molecule has 0 bridgehead atoms. The van der Waals surface area contributed by atoms with Crippen LogP contribution < -0.4 is 9.54 Å². The first-order valence-electron chi connectivity index (χ1n) is 11.7. The second kappa shape index (κ2) is 10.6. The fourth-order valence-electron chi connectivity index (χ4n) is 3.73. The topological polar surface area (TPSA) is 65.7 Å². The number of rotatable bonds is 6. The predicted octanol–water partition coefficient (Wildman–Crippen LogP) is 5.76. The maximum absolute atomic E-state index is 13.5. The number of halogens is 3. The van der Waals surface area contributed by atoms with Crippen LogP contribution in [-0.2, 0) is 29.5 Å². The lowest BCUT2D eigenvalue weighted by Crippen LogP contribution is -2.23. The molecule has 0 radical (unpaired) electrons. The van der Waals surface area contributed by atoms with Crippen LogP contribution in [0.15, 0.2) is 53.8 Å². The SMILES string of the molecule is CC(C)(C)c1cn(C[C@H]2CCCO2)c(=NC(=O)c2cc(C(F)(F)F)ccc2OCc2ccccn2)s1. The Morgan fingerprint density at radius 1 is 1.25 bits per heavy atom. The van der Waals surface area contributed by atoms with E-state index in [9.17, 15) is 18.0 Å². The summed E-state index contributed by atoms with van der Waals surface area (Å²) in [4.78, 5) is 23.1. The minimum absolute atomic E-state index is 0.00131. The Bertz CT molecular complexity index is 1270. The zero-order valence-corrected chi connectivity index (χ0v) is 21.2. The molecule has 192 valence electrons. The minimum atomic E-state index is -4.61. The second-order valence-electron chi connectivity index (χ2n) is 9.65. The molecule has 0 N–H and O–H groups in total. The number of ether oxygens (including phenoxy) is 2. The van der Waals surface area contributed by atoms with Crippen molar-refractivity contribution >= 4 is 17.2 Å². The fourth-order valence-corrected chi connectivity index (χ4v) is 4.79. The summed E-state index contributed by atoms with van der Waals surface area (Å²) in [5.41, 5.74) is -0.808. The van der Waals surface area contributed by atoms with Gasteiger partial charge in [0.05, 0.1) is 29.5 Å². The van der Waals surface area contributed by atoms with E-state index in [-0.39, 0.29) is 29.4 Å². The fraction of sp³-hybridized carbons (Fsp3) is 0.423. The first-order valence-corrected chi connectivity index (χ1v) is 12.5. The number of pyridine rings is 1. The van der Waals surface area contributed by atoms with E-state index in [1.165, 1.54) is 11.3 Å². The molecule has 0 unspecified atom stereocenters. The van der Waals surface area contributed by atoms with Gasteiger partial charge in [0.15, 0.2) is 4.80 Å². The van der Waals surface area contributed by atoms with Gasteiger partial charge in [0.1, 0.15) is 12.4 Å². The summed E-state index contributed by atoms with van der Waals surface area (Å²) in [6, 6.07) is 8.09. The highest BCUT2D eigenvalue weighted by Crippen LogP contribution is 2.33. The van der Waals surface area contributed by atoms with Gasteiger partial charge in [-0.15, -0.1) is 11.3 Å². The van der Waals surface area contributed by atoms with Crippen LogP contribution in [0.25, 0.3) is 0 Å². The van der Waals surface area contributed by atoms with E-state index in [1.807, 2.05) is 10.8 Å². The molecule has 3 heterocycles. The van der Waals surface area contributed by atoms with Crippen LogP contribution >= 0.6 is 11.3 Å². The highest BCUT2D eigenvalue weighted by molar-refractivity contribution is 7.09. The van der Waals surface area contributed by atoms with Crippen molar-refractivity contribution in [3.8, 4) is 5.75 Å². The zero-order valence-electron chi connectivity index (χ0n) is 20.3. The van der Waals surface area contributed by atoms with E-state index in [1.54, 1.807) is 24.4 Å². The molecule has 0 aliphatic carbocycles. The van der Waals surface area contributed by atoms with Gasteiger partial charge in [-0.05, 0) is 48.6 Å². The van der Waals surface area contributed by atoms with E-state index in [2.05, 4.69) is 30.7 Å².